The zero-order valence-electron chi connectivity index (χ0n) is 12.6. The molecule has 0 spiro atoms. The van der Waals surface area contributed by atoms with E-state index in [4.69, 9.17) is 0 Å². The van der Waals surface area contributed by atoms with Crippen molar-refractivity contribution in [2.24, 2.45) is 11.8 Å². The Labute approximate surface area is 130 Å². The quantitative estimate of drug-likeness (QED) is 0.880. The van der Waals surface area contributed by atoms with Gasteiger partial charge in [0, 0.05) is 18.5 Å². The summed E-state index contributed by atoms with van der Waals surface area (Å²) in [5.74, 6) is 2.26. The fourth-order valence-corrected chi connectivity index (χ4v) is 4.21. The van der Waals surface area contributed by atoms with E-state index in [1.165, 1.54) is 48.8 Å². The zero-order valence-corrected chi connectivity index (χ0v) is 14.2. The smallest absolute Gasteiger partial charge is 0.0635 e. The van der Waals surface area contributed by atoms with Gasteiger partial charge in [-0.2, -0.15) is 5.10 Å². The molecule has 3 rings (SSSR count). The van der Waals surface area contributed by atoms with Crippen LogP contribution in [0.2, 0.25) is 0 Å². The Bertz CT molecular complexity index is 453. The summed E-state index contributed by atoms with van der Waals surface area (Å²) in [6.07, 6.45) is 8.78. The van der Waals surface area contributed by atoms with E-state index < -0.39 is 0 Å². The van der Waals surface area contributed by atoms with Crippen molar-refractivity contribution < 1.29 is 0 Å². The number of aryl methyl sites for hydroxylation is 1. The highest BCUT2D eigenvalue weighted by molar-refractivity contribution is 9.10. The second-order valence-electron chi connectivity index (χ2n) is 6.66. The second-order valence-corrected chi connectivity index (χ2v) is 7.52. The SMILES string of the molecule is CCn1ncc(Br)c1C1CC(C)CCC1CNC1CC1. The van der Waals surface area contributed by atoms with E-state index in [-0.39, 0.29) is 0 Å². The van der Waals surface area contributed by atoms with Gasteiger partial charge in [0.25, 0.3) is 0 Å². The first-order valence-corrected chi connectivity index (χ1v) is 8.93. The van der Waals surface area contributed by atoms with Gasteiger partial charge in [-0.3, -0.25) is 4.68 Å². The van der Waals surface area contributed by atoms with Crippen LogP contribution in [0.1, 0.15) is 57.6 Å². The van der Waals surface area contributed by atoms with Crippen molar-refractivity contribution in [1.82, 2.24) is 15.1 Å². The third kappa shape index (κ3) is 3.11. The highest BCUT2D eigenvalue weighted by Gasteiger charge is 2.34. The predicted molar refractivity (Wildman–Crippen MR) is 85.9 cm³/mol. The van der Waals surface area contributed by atoms with Crippen molar-refractivity contribution in [2.75, 3.05) is 6.54 Å². The van der Waals surface area contributed by atoms with E-state index in [1.807, 2.05) is 6.20 Å². The van der Waals surface area contributed by atoms with Crippen molar-refractivity contribution >= 4 is 15.9 Å². The molecular weight excluding hydrogens is 314 g/mol. The van der Waals surface area contributed by atoms with Crippen LogP contribution in [0.3, 0.4) is 0 Å². The molecule has 2 aliphatic carbocycles. The molecule has 4 heteroatoms. The molecule has 0 bridgehead atoms. The molecule has 1 aromatic rings. The van der Waals surface area contributed by atoms with Crippen LogP contribution in [0.4, 0.5) is 0 Å². The van der Waals surface area contributed by atoms with Gasteiger partial charge in [0.15, 0.2) is 0 Å². The van der Waals surface area contributed by atoms with E-state index in [0.717, 1.165) is 24.4 Å². The largest absolute Gasteiger partial charge is 0.314 e. The van der Waals surface area contributed by atoms with E-state index in [0.29, 0.717) is 5.92 Å². The molecule has 3 atom stereocenters. The van der Waals surface area contributed by atoms with Gasteiger partial charge >= 0.3 is 0 Å². The topological polar surface area (TPSA) is 29.9 Å². The number of halogens is 1. The Morgan fingerprint density at radius 1 is 1.35 bits per heavy atom. The van der Waals surface area contributed by atoms with E-state index in [2.05, 4.69) is 44.9 Å². The Hall–Kier alpha value is -0.350. The molecule has 0 saturated heterocycles. The molecule has 1 aromatic heterocycles. The van der Waals surface area contributed by atoms with Crippen LogP contribution in [-0.4, -0.2) is 22.4 Å². The van der Waals surface area contributed by atoms with Crippen LogP contribution in [0.5, 0.6) is 0 Å². The number of hydrogen-bond donors (Lipinski definition) is 1. The van der Waals surface area contributed by atoms with Gasteiger partial charge in [-0.05, 0) is 66.9 Å². The first kappa shape index (κ1) is 14.6. The Balaban J connectivity index is 1.78. The van der Waals surface area contributed by atoms with Crippen LogP contribution in [0.15, 0.2) is 10.7 Å². The lowest BCUT2D eigenvalue weighted by Crippen LogP contribution is -2.33. The molecule has 2 saturated carbocycles. The Morgan fingerprint density at radius 2 is 2.15 bits per heavy atom. The first-order chi connectivity index (χ1) is 9.69. The lowest BCUT2D eigenvalue weighted by molar-refractivity contribution is 0.232. The summed E-state index contributed by atoms with van der Waals surface area (Å²) >= 11 is 3.73. The van der Waals surface area contributed by atoms with Gasteiger partial charge in [0.1, 0.15) is 0 Å². The van der Waals surface area contributed by atoms with E-state index >= 15 is 0 Å². The minimum absolute atomic E-state index is 0.654. The van der Waals surface area contributed by atoms with Gasteiger partial charge < -0.3 is 5.32 Å². The summed E-state index contributed by atoms with van der Waals surface area (Å²) in [6.45, 7) is 6.74. The maximum Gasteiger partial charge on any atom is 0.0635 e. The van der Waals surface area contributed by atoms with Crippen LogP contribution in [0, 0.1) is 11.8 Å². The number of nitrogens with zero attached hydrogens (tertiary/aromatic N) is 2. The average Bonchev–Trinajstić information content (AvgIpc) is 3.19. The molecule has 1 heterocycles. The summed E-state index contributed by atoms with van der Waals surface area (Å²) in [7, 11) is 0. The molecule has 0 amide bonds. The first-order valence-electron chi connectivity index (χ1n) is 8.13. The molecule has 2 aliphatic rings. The normalized spacial score (nSPS) is 30.6. The lowest BCUT2D eigenvalue weighted by Gasteiger charge is -2.35. The minimum Gasteiger partial charge on any atom is -0.314 e. The summed E-state index contributed by atoms with van der Waals surface area (Å²) in [5, 5.41) is 8.27. The number of hydrogen-bond acceptors (Lipinski definition) is 2. The van der Waals surface area contributed by atoms with Crippen LogP contribution >= 0.6 is 15.9 Å². The standard InChI is InChI=1S/C16H26BrN3/c1-3-20-16(15(17)10-19-20)14-8-11(2)4-5-12(14)9-18-13-6-7-13/h10-14,18H,3-9H2,1-2H3. The molecule has 1 N–H and O–H groups in total. The summed E-state index contributed by atoms with van der Waals surface area (Å²) in [4.78, 5) is 0. The number of aromatic nitrogens is 2. The molecule has 112 valence electrons. The summed E-state index contributed by atoms with van der Waals surface area (Å²) in [6, 6.07) is 0.814. The number of nitrogens with one attached hydrogen (secondary N) is 1. The van der Waals surface area contributed by atoms with Gasteiger partial charge in [0.2, 0.25) is 0 Å². The molecule has 20 heavy (non-hydrogen) atoms. The zero-order chi connectivity index (χ0) is 14.1. The van der Waals surface area contributed by atoms with Gasteiger partial charge in [-0.15, -0.1) is 0 Å². The molecule has 0 aliphatic heterocycles. The monoisotopic (exact) mass is 339 g/mol. The van der Waals surface area contributed by atoms with Crippen molar-refractivity contribution in [3.63, 3.8) is 0 Å². The highest BCUT2D eigenvalue weighted by atomic mass is 79.9. The molecular formula is C16H26BrN3. The fraction of sp³-hybridized carbons (Fsp3) is 0.812. The minimum atomic E-state index is 0.654. The highest BCUT2D eigenvalue weighted by Crippen LogP contribution is 2.42. The molecule has 0 radical (unpaired) electrons. The van der Waals surface area contributed by atoms with Crippen molar-refractivity contribution in [2.45, 2.75) is 64.5 Å². The summed E-state index contributed by atoms with van der Waals surface area (Å²) in [5.41, 5.74) is 1.43. The van der Waals surface area contributed by atoms with Crippen molar-refractivity contribution in [3.8, 4) is 0 Å². The van der Waals surface area contributed by atoms with Gasteiger partial charge in [-0.25, -0.2) is 0 Å². The van der Waals surface area contributed by atoms with Gasteiger partial charge in [-0.1, -0.05) is 13.3 Å². The Morgan fingerprint density at radius 3 is 2.85 bits per heavy atom. The fourth-order valence-electron chi connectivity index (χ4n) is 3.62. The average molecular weight is 340 g/mol. The third-order valence-electron chi connectivity index (χ3n) is 4.99. The Kier molecular flexibility index (Phi) is 4.51. The molecule has 3 nitrogen and oxygen atoms in total. The molecule has 3 unspecified atom stereocenters. The van der Waals surface area contributed by atoms with E-state index in [9.17, 15) is 0 Å². The van der Waals surface area contributed by atoms with Crippen LogP contribution in [-0.2, 0) is 6.54 Å². The van der Waals surface area contributed by atoms with Crippen molar-refractivity contribution in [1.29, 1.82) is 0 Å². The van der Waals surface area contributed by atoms with Crippen LogP contribution < -0.4 is 5.32 Å². The molecule has 0 aromatic carbocycles. The van der Waals surface area contributed by atoms with Crippen molar-refractivity contribution in [3.05, 3.63) is 16.4 Å². The second kappa shape index (κ2) is 6.18. The van der Waals surface area contributed by atoms with Crippen LogP contribution in [0.25, 0.3) is 0 Å². The molecule has 2 fully saturated rings. The van der Waals surface area contributed by atoms with Gasteiger partial charge in [0.05, 0.1) is 16.4 Å². The maximum atomic E-state index is 4.53. The number of rotatable bonds is 5. The maximum absolute atomic E-state index is 4.53. The predicted octanol–water partition coefficient (Wildman–Crippen LogP) is 3.94. The third-order valence-corrected chi connectivity index (χ3v) is 5.60. The summed E-state index contributed by atoms with van der Waals surface area (Å²) < 4.78 is 3.39. The van der Waals surface area contributed by atoms with E-state index in [1.54, 1.807) is 0 Å². The lowest BCUT2D eigenvalue weighted by atomic mass is 9.73.